The number of benzene rings is 1. The number of hydrogen-bond donors (Lipinski definition) is 1. The Labute approximate surface area is 86.5 Å². The molecule has 1 aromatic rings. The summed E-state index contributed by atoms with van der Waals surface area (Å²) in [7, 11) is 0. The molecule has 0 saturated carbocycles. The standard InChI is InChI=1S/C10H10N2O3/c13-10-6-8(11-14)7-15-12(10)9-4-2-1-3-5-9/h1-5,14H,6-7H2/b11-8-. The smallest absolute Gasteiger partial charge is 0.256 e. The number of rotatable bonds is 1. The predicted octanol–water partition coefficient (Wildman–Crippen LogP) is 1.19. The van der Waals surface area contributed by atoms with E-state index in [9.17, 15) is 4.79 Å². The Morgan fingerprint density at radius 3 is 2.67 bits per heavy atom. The Morgan fingerprint density at radius 1 is 1.33 bits per heavy atom. The summed E-state index contributed by atoms with van der Waals surface area (Å²) in [6.45, 7) is 0.136. The van der Waals surface area contributed by atoms with Gasteiger partial charge in [0.15, 0.2) is 0 Å². The van der Waals surface area contributed by atoms with Crippen LogP contribution in [-0.2, 0) is 9.63 Å². The van der Waals surface area contributed by atoms with Crippen molar-refractivity contribution in [2.24, 2.45) is 5.16 Å². The molecule has 0 radical (unpaired) electrons. The number of carbonyl (C=O) groups is 1. The van der Waals surface area contributed by atoms with Crippen molar-refractivity contribution in [3.63, 3.8) is 0 Å². The fourth-order valence-electron chi connectivity index (χ4n) is 1.35. The molecule has 0 aliphatic carbocycles. The maximum absolute atomic E-state index is 11.6. The van der Waals surface area contributed by atoms with Crippen LogP contribution in [0.5, 0.6) is 0 Å². The minimum Gasteiger partial charge on any atom is -0.411 e. The molecule has 15 heavy (non-hydrogen) atoms. The molecular weight excluding hydrogens is 196 g/mol. The minimum absolute atomic E-state index is 0.0887. The Bertz CT molecular complexity index is 389. The zero-order valence-corrected chi connectivity index (χ0v) is 7.96. The number of anilines is 1. The van der Waals surface area contributed by atoms with E-state index in [4.69, 9.17) is 10.0 Å². The highest BCUT2D eigenvalue weighted by atomic mass is 16.7. The van der Waals surface area contributed by atoms with Crippen LogP contribution in [0.1, 0.15) is 6.42 Å². The van der Waals surface area contributed by atoms with E-state index in [-0.39, 0.29) is 18.9 Å². The molecule has 0 bridgehead atoms. The van der Waals surface area contributed by atoms with Crippen molar-refractivity contribution in [1.29, 1.82) is 0 Å². The summed E-state index contributed by atoms with van der Waals surface area (Å²) in [4.78, 5) is 16.7. The number of para-hydroxylation sites is 1. The third-order valence-corrected chi connectivity index (χ3v) is 2.07. The van der Waals surface area contributed by atoms with Gasteiger partial charge in [0, 0.05) is 0 Å². The van der Waals surface area contributed by atoms with Gasteiger partial charge in [0.05, 0.1) is 17.8 Å². The quantitative estimate of drug-likeness (QED) is 0.554. The maximum atomic E-state index is 11.6. The Balaban J connectivity index is 2.17. The van der Waals surface area contributed by atoms with Crippen molar-refractivity contribution in [1.82, 2.24) is 0 Å². The molecule has 1 aliphatic rings. The zero-order chi connectivity index (χ0) is 10.7. The highest BCUT2D eigenvalue weighted by molar-refractivity contribution is 6.08. The Morgan fingerprint density at radius 2 is 2.07 bits per heavy atom. The second kappa shape index (κ2) is 4.10. The summed E-state index contributed by atoms with van der Waals surface area (Å²) >= 11 is 0. The van der Waals surface area contributed by atoms with Gasteiger partial charge in [-0.05, 0) is 12.1 Å². The zero-order valence-electron chi connectivity index (χ0n) is 7.96. The lowest BCUT2D eigenvalue weighted by atomic mass is 10.2. The van der Waals surface area contributed by atoms with Gasteiger partial charge in [-0.15, -0.1) is 0 Å². The van der Waals surface area contributed by atoms with Crippen molar-refractivity contribution in [2.75, 3.05) is 11.7 Å². The van der Waals surface area contributed by atoms with E-state index in [0.717, 1.165) is 0 Å². The molecule has 0 spiro atoms. The van der Waals surface area contributed by atoms with Crippen molar-refractivity contribution >= 4 is 17.3 Å². The first-order valence-electron chi connectivity index (χ1n) is 4.52. The summed E-state index contributed by atoms with van der Waals surface area (Å²) in [5.41, 5.74) is 1.02. The van der Waals surface area contributed by atoms with Gasteiger partial charge in [0.2, 0.25) is 0 Å². The van der Waals surface area contributed by atoms with Gasteiger partial charge in [-0.3, -0.25) is 9.63 Å². The molecule has 5 nitrogen and oxygen atoms in total. The van der Waals surface area contributed by atoms with Crippen molar-refractivity contribution in [2.45, 2.75) is 6.42 Å². The largest absolute Gasteiger partial charge is 0.411 e. The number of hydroxylamine groups is 1. The number of oxime groups is 1. The molecule has 78 valence electrons. The second-order valence-corrected chi connectivity index (χ2v) is 3.14. The normalized spacial score (nSPS) is 19.6. The molecule has 1 aromatic carbocycles. The molecule has 1 amide bonds. The molecule has 0 aromatic heterocycles. The van der Waals surface area contributed by atoms with Gasteiger partial charge in [0.25, 0.3) is 5.91 Å². The number of nitrogens with zero attached hydrogens (tertiary/aromatic N) is 2. The fraction of sp³-hybridized carbons (Fsp3) is 0.200. The summed E-state index contributed by atoms with van der Waals surface area (Å²) in [6, 6.07) is 9.06. The van der Waals surface area contributed by atoms with Gasteiger partial charge in [-0.1, -0.05) is 23.4 Å². The van der Waals surface area contributed by atoms with Crippen LogP contribution >= 0.6 is 0 Å². The molecular formula is C10H10N2O3. The first kappa shape index (κ1) is 9.67. The van der Waals surface area contributed by atoms with Crippen LogP contribution < -0.4 is 5.06 Å². The van der Waals surface area contributed by atoms with Gasteiger partial charge in [0.1, 0.15) is 6.61 Å². The van der Waals surface area contributed by atoms with Crippen molar-refractivity contribution < 1.29 is 14.8 Å². The molecule has 1 N–H and O–H groups in total. The lowest BCUT2D eigenvalue weighted by Gasteiger charge is -2.25. The minimum atomic E-state index is -0.236. The van der Waals surface area contributed by atoms with Crippen LogP contribution in [0.3, 0.4) is 0 Å². The van der Waals surface area contributed by atoms with Crippen molar-refractivity contribution in [3.8, 4) is 0 Å². The summed E-state index contributed by atoms with van der Waals surface area (Å²) < 4.78 is 0. The number of amides is 1. The Hall–Kier alpha value is -1.88. The predicted molar refractivity (Wildman–Crippen MR) is 53.7 cm³/mol. The molecule has 5 heteroatoms. The maximum Gasteiger partial charge on any atom is 0.256 e. The molecule has 1 aliphatic heterocycles. The highest BCUT2D eigenvalue weighted by Crippen LogP contribution is 2.18. The molecule has 1 heterocycles. The molecule has 0 unspecified atom stereocenters. The topological polar surface area (TPSA) is 62.1 Å². The third kappa shape index (κ3) is 1.97. The van der Waals surface area contributed by atoms with E-state index in [1.165, 1.54) is 5.06 Å². The monoisotopic (exact) mass is 206 g/mol. The first-order valence-corrected chi connectivity index (χ1v) is 4.52. The van der Waals surface area contributed by atoms with Gasteiger partial charge in [-0.2, -0.15) is 5.06 Å². The highest BCUT2D eigenvalue weighted by Gasteiger charge is 2.25. The van der Waals surface area contributed by atoms with Gasteiger partial charge in [-0.25, -0.2) is 0 Å². The van der Waals surface area contributed by atoms with E-state index in [0.29, 0.717) is 11.4 Å². The molecule has 0 atom stereocenters. The van der Waals surface area contributed by atoms with Gasteiger partial charge < -0.3 is 5.21 Å². The van der Waals surface area contributed by atoms with E-state index >= 15 is 0 Å². The van der Waals surface area contributed by atoms with Crippen molar-refractivity contribution in [3.05, 3.63) is 30.3 Å². The van der Waals surface area contributed by atoms with E-state index in [2.05, 4.69) is 5.16 Å². The van der Waals surface area contributed by atoms with Crippen LogP contribution in [0.4, 0.5) is 5.69 Å². The Kier molecular flexibility index (Phi) is 2.64. The summed E-state index contributed by atoms with van der Waals surface area (Å²) in [5.74, 6) is -0.236. The second-order valence-electron chi connectivity index (χ2n) is 3.14. The van der Waals surface area contributed by atoms with E-state index < -0.39 is 0 Å². The lowest BCUT2D eigenvalue weighted by Crippen LogP contribution is -2.40. The average molecular weight is 206 g/mol. The summed E-state index contributed by atoms with van der Waals surface area (Å²) in [6.07, 6.45) is 0.0887. The lowest BCUT2D eigenvalue weighted by molar-refractivity contribution is -0.125. The van der Waals surface area contributed by atoms with Crippen LogP contribution in [0.15, 0.2) is 35.5 Å². The van der Waals surface area contributed by atoms with Crippen LogP contribution in [-0.4, -0.2) is 23.4 Å². The molecule has 2 rings (SSSR count). The molecule has 1 saturated heterocycles. The first-order chi connectivity index (χ1) is 7.31. The average Bonchev–Trinajstić information content (AvgIpc) is 2.30. The third-order valence-electron chi connectivity index (χ3n) is 2.07. The fourth-order valence-corrected chi connectivity index (χ4v) is 1.35. The van der Waals surface area contributed by atoms with Gasteiger partial charge >= 0.3 is 0 Å². The number of hydrogen-bond acceptors (Lipinski definition) is 4. The molecule has 1 fully saturated rings. The van der Waals surface area contributed by atoms with Crippen LogP contribution in [0.25, 0.3) is 0 Å². The summed E-state index contributed by atoms with van der Waals surface area (Å²) in [5, 5.41) is 12.7. The number of carbonyl (C=O) groups excluding carboxylic acids is 1. The van der Waals surface area contributed by atoms with Crippen LogP contribution in [0, 0.1) is 0 Å². The van der Waals surface area contributed by atoms with E-state index in [1.54, 1.807) is 12.1 Å². The van der Waals surface area contributed by atoms with Crippen LogP contribution in [0.2, 0.25) is 0 Å². The van der Waals surface area contributed by atoms with E-state index in [1.807, 2.05) is 18.2 Å². The SMILES string of the molecule is O=C1C/C(=N/O)CON1c1ccccc1.